The number of aromatic nitrogens is 3. The standard InChI is InChI=1S/C28H33N7/c1-20(29)11-14-31-21(2)22-8-6-9-23(18-22)26-25-12-17-35(24-10-7-13-30-19-24)27(25)33-28(32-26)34-15-4-3-5-16-34/h6-10,13,18-19,31H,1-5,11-12,14-17,29H2. The van der Waals surface area contributed by atoms with Crippen LogP contribution in [0, 0.1) is 0 Å². The first kappa shape index (κ1) is 22.9. The van der Waals surface area contributed by atoms with Crippen molar-refractivity contribution in [2.75, 3.05) is 36.0 Å². The molecule has 0 amide bonds. The van der Waals surface area contributed by atoms with Gasteiger partial charge in [0.1, 0.15) is 5.82 Å². The van der Waals surface area contributed by atoms with Crippen molar-refractivity contribution >= 4 is 23.2 Å². The Morgan fingerprint density at radius 2 is 1.89 bits per heavy atom. The summed E-state index contributed by atoms with van der Waals surface area (Å²) in [4.78, 5) is 19.2. The molecule has 1 saturated heterocycles. The Balaban J connectivity index is 1.53. The van der Waals surface area contributed by atoms with Gasteiger partial charge in [-0.1, -0.05) is 31.4 Å². The van der Waals surface area contributed by atoms with E-state index in [0.717, 1.165) is 66.0 Å². The van der Waals surface area contributed by atoms with E-state index < -0.39 is 0 Å². The normalized spacial score (nSPS) is 15.1. The molecule has 0 aliphatic carbocycles. The first-order chi connectivity index (χ1) is 17.1. The third-order valence-electron chi connectivity index (χ3n) is 6.68. The van der Waals surface area contributed by atoms with E-state index in [9.17, 15) is 0 Å². The van der Waals surface area contributed by atoms with E-state index >= 15 is 0 Å². The fourth-order valence-electron chi connectivity index (χ4n) is 4.81. The minimum Gasteiger partial charge on any atom is -0.402 e. The van der Waals surface area contributed by atoms with Gasteiger partial charge >= 0.3 is 0 Å². The van der Waals surface area contributed by atoms with Crippen LogP contribution in [-0.4, -0.2) is 41.1 Å². The summed E-state index contributed by atoms with van der Waals surface area (Å²) >= 11 is 0. The summed E-state index contributed by atoms with van der Waals surface area (Å²) in [5.41, 5.74) is 12.6. The molecule has 35 heavy (non-hydrogen) atoms. The number of hydrogen-bond acceptors (Lipinski definition) is 7. The molecule has 1 aromatic carbocycles. The Bertz CT molecular complexity index is 1220. The Labute approximate surface area is 207 Å². The lowest BCUT2D eigenvalue weighted by Crippen LogP contribution is -2.31. The largest absolute Gasteiger partial charge is 0.402 e. The molecule has 2 aromatic heterocycles. The molecule has 4 heterocycles. The monoisotopic (exact) mass is 467 g/mol. The fraction of sp³-hybridized carbons (Fsp3) is 0.321. The molecule has 0 bridgehead atoms. The number of piperidine rings is 1. The van der Waals surface area contributed by atoms with Crippen LogP contribution in [-0.2, 0) is 6.42 Å². The molecule has 2 aliphatic rings. The lowest BCUT2D eigenvalue weighted by Gasteiger charge is -2.28. The zero-order valence-electron chi connectivity index (χ0n) is 20.2. The summed E-state index contributed by atoms with van der Waals surface area (Å²) in [6.45, 7) is 11.6. The highest BCUT2D eigenvalue weighted by atomic mass is 15.3. The van der Waals surface area contributed by atoms with Crippen LogP contribution < -0.4 is 20.9 Å². The number of nitrogens with zero attached hydrogens (tertiary/aromatic N) is 5. The number of hydrogen-bond donors (Lipinski definition) is 2. The quantitative estimate of drug-likeness (QED) is 0.499. The van der Waals surface area contributed by atoms with Gasteiger partial charge in [0.2, 0.25) is 5.95 Å². The summed E-state index contributed by atoms with van der Waals surface area (Å²) < 4.78 is 0. The van der Waals surface area contributed by atoms with Gasteiger partial charge in [0.15, 0.2) is 0 Å². The van der Waals surface area contributed by atoms with Crippen molar-refractivity contribution in [1.82, 2.24) is 20.3 Å². The maximum Gasteiger partial charge on any atom is 0.227 e. The van der Waals surface area contributed by atoms with Crippen molar-refractivity contribution in [2.24, 2.45) is 5.73 Å². The summed E-state index contributed by atoms with van der Waals surface area (Å²) in [5.74, 6) is 1.81. The van der Waals surface area contributed by atoms with Crippen LogP contribution in [0.5, 0.6) is 0 Å². The molecule has 5 rings (SSSR count). The van der Waals surface area contributed by atoms with E-state index in [1.54, 1.807) is 6.20 Å². The Hall–Kier alpha value is -3.87. The van der Waals surface area contributed by atoms with Gasteiger partial charge in [-0.2, -0.15) is 4.98 Å². The number of nitrogens with two attached hydrogens (primary N) is 1. The fourth-order valence-corrected chi connectivity index (χ4v) is 4.81. The summed E-state index contributed by atoms with van der Waals surface area (Å²) in [7, 11) is 0. The molecule has 3 aromatic rings. The van der Waals surface area contributed by atoms with Crippen molar-refractivity contribution < 1.29 is 0 Å². The Morgan fingerprint density at radius 3 is 2.66 bits per heavy atom. The second kappa shape index (κ2) is 10.2. The molecule has 0 radical (unpaired) electrons. The maximum atomic E-state index is 5.71. The Morgan fingerprint density at radius 1 is 1.03 bits per heavy atom. The summed E-state index contributed by atoms with van der Waals surface area (Å²) in [6, 6.07) is 12.5. The van der Waals surface area contributed by atoms with Gasteiger partial charge in [-0.15, -0.1) is 0 Å². The number of fused-ring (bicyclic) bond motifs is 1. The van der Waals surface area contributed by atoms with Gasteiger partial charge in [0.05, 0.1) is 17.6 Å². The van der Waals surface area contributed by atoms with E-state index in [2.05, 4.69) is 63.6 Å². The van der Waals surface area contributed by atoms with Crippen molar-refractivity contribution in [1.29, 1.82) is 0 Å². The predicted molar refractivity (Wildman–Crippen MR) is 143 cm³/mol. The highest BCUT2D eigenvalue weighted by molar-refractivity contribution is 5.78. The molecular weight excluding hydrogens is 434 g/mol. The molecule has 2 aliphatic heterocycles. The topological polar surface area (TPSA) is 83.2 Å². The van der Waals surface area contributed by atoms with Gasteiger partial charge in [0.25, 0.3) is 0 Å². The number of nitrogens with one attached hydrogen (secondary N) is 1. The first-order valence-corrected chi connectivity index (χ1v) is 12.4. The molecule has 1 fully saturated rings. The van der Waals surface area contributed by atoms with Gasteiger partial charge in [0, 0.05) is 61.3 Å². The van der Waals surface area contributed by atoms with E-state index in [-0.39, 0.29) is 0 Å². The van der Waals surface area contributed by atoms with Crippen molar-refractivity contribution in [3.63, 3.8) is 0 Å². The van der Waals surface area contributed by atoms with E-state index in [1.807, 2.05) is 12.3 Å². The molecular formula is C28H33N7. The highest BCUT2D eigenvalue weighted by Gasteiger charge is 2.29. The SMILES string of the molecule is C=C(N)CCNC(=C)c1cccc(-c2nc(N3CCCCC3)nc3c2CCN3c2cccnc2)c1. The zero-order valence-corrected chi connectivity index (χ0v) is 20.2. The van der Waals surface area contributed by atoms with Crippen molar-refractivity contribution in [3.05, 3.63) is 78.8 Å². The molecule has 180 valence electrons. The van der Waals surface area contributed by atoms with Gasteiger partial charge in [-0.25, -0.2) is 4.98 Å². The van der Waals surface area contributed by atoms with Crippen LogP contribution in [0.3, 0.4) is 0 Å². The van der Waals surface area contributed by atoms with Crippen LogP contribution in [0.2, 0.25) is 0 Å². The zero-order chi connectivity index (χ0) is 24.2. The molecule has 0 saturated carbocycles. The summed E-state index contributed by atoms with van der Waals surface area (Å²) in [5, 5.41) is 3.36. The molecule has 3 N–H and O–H groups in total. The number of pyridine rings is 1. The molecule has 0 spiro atoms. The average molecular weight is 468 g/mol. The molecule has 7 nitrogen and oxygen atoms in total. The average Bonchev–Trinajstić information content (AvgIpc) is 3.33. The van der Waals surface area contributed by atoms with Gasteiger partial charge in [-0.3, -0.25) is 4.98 Å². The minimum atomic E-state index is 0.666. The smallest absolute Gasteiger partial charge is 0.227 e. The highest BCUT2D eigenvalue weighted by Crippen LogP contribution is 2.39. The number of rotatable bonds is 8. The van der Waals surface area contributed by atoms with E-state index in [4.69, 9.17) is 15.7 Å². The van der Waals surface area contributed by atoms with Crippen LogP contribution in [0.4, 0.5) is 17.5 Å². The second-order valence-corrected chi connectivity index (χ2v) is 9.23. The number of benzene rings is 1. The maximum absolute atomic E-state index is 5.71. The number of anilines is 3. The van der Waals surface area contributed by atoms with Crippen LogP contribution >= 0.6 is 0 Å². The lowest BCUT2D eigenvalue weighted by molar-refractivity contribution is 0.568. The minimum absolute atomic E-state index is 0.666. The van der Waals surface area contributed by atoms with Crippen LogP contribution in [0.15, 0.2) is 67.6 Å². The van der Waals surface area contributed by atoms with Gasteiger partial charge in [-0.05, 0) is 49.4 Å². The molecule has 0 atom stereocenters. The van der Waals surface area contributed by atoms with E-state index in [0.29, 0.717) is 18.7 Å². The predicted octanol–water partition coefficient (Wildman–Crippen LogP) is 4.65. The third kappa shape index (κ3) is 4.99. The molecule has 7 heteroatoms. The lowest BCUT2D eigenvalue weighted by atomic mass is 10.0. The second-order valence-electron chi connectivity index (χ2n) is 9.23. The van der Waals surface area contributed by atoms with E-state index in [1.165, 1.54) is 24.8 Å². The van der Waals surface area contributed by atoms with Crippen LogP contribution in [0.1, 0.15) is 36.8 Å². The third-order valence-corrected chi connectivity index (χ3v) is 6.68. The summed E-state index contributed by atoms with van der Waals surface area (Å²) in [6.07, 6.45) is 8.94. The van der Waals surface area contributed by atoms with Crippen LogP contribution in [0.25, 0.3) is 17.0 Å². The van der Waals surface area contributed by atoms with Crippen molar-refractivity contribution in [2.45, 2.75) is 32.1 Å². The van der Waals surface area contributed by atoms with Crippen molar-refractivity contribution in [3.8, 4) is 11.3 Å². The van der Waals surface area contributed by atoms with Gasteiger partial charge < -0.3 is 20.9 Å². The Kier molecular flexibility index (Phi) is 6.66. The molecule has 0 unspecified atom stereocenters. The first-order valence-electron chi connectivity index (χ1n) is 12.4.